The number of carbonyl (C=O) groups excluding carboxylic acids is 1. The smallest absolute Gasteiger partial charge is 0.346 e. The van der Waals surface area contributed by atoms with Crippen molar-refractivity contribution in [2.75, 3.05) is 6.54 Å². The highest BCUT2D eigenvalue weighted by molar-refractivity contribution is 5.91. The number of pyridine rings is 1. The third-order valence-corrected chi connectivity index (χ3v) is 4.06. The highest BCUT2D eigenvalue weighted by Gasteiger charge is 2.30. The van der Waals surface area contributed by atoms with Gasteiger partial charge in [-0.25, -0.2) is 9.48 Å². The van der Waals surface area contributed by atoms with E-state index in [1.165, 1.54) is 10.9 Å². The fraction of sp³-hybridized carbons (Fsp3) is 0.294. The summed E-state index contributed by atoms with van der Waals surface area (Å²) in [6.45, 7) is 0.575. The Morgan fingerprint density at radius 1 is 1.32 bits per heavy atom. The number of nitrogens with one attached hydrogen (secondary N) is 1. The summed E-state index contributed by atoms with van der Waals surface area (Å²) in [4.78, 5) is 28.6. The standard InChI is InChI=1S/C17H17N5O3/c23-16(14-4-2-10-25-14)19-8-9-21-17(24)22(13-5-6-13)15(20-21)12-3-1-7-18-11-12/h1-4,7,10-11,13H,5-6,8-9H2,(H,19,23). The molecular formula is C17H17N5O3. The minimum absolute atomic E-state index is 0.159. The molecule has 8 heteroatoms. The second-order valence-electron chi connectivity index (χ2n) is 5.91. The van der Waals surface area contributed by atoms with E-state index in [0.29, 0.717) is 5.82 Å². The Kier molecular flexibility index (Phi) is 3.93. The second-order valence-corrected chi connectivity index (χ2v) is 5.91. The SMILES string of the molecule is O=C(NCCn1nc(-c2cccnc2)n(C2CC2)c1=O)c1ccco1. The molecule has 1 saturated carbocycles. The predicted octanol–water partition coefficient (Wildman–Crippen LogP) is 1.46. The number of hydrogen-bond acceptors (Lipinski definition) is 5. The third kappa shape index (κ3) is 3.10. The molecule has 4 rings (SSSR count). The average molecular weight is 339 g/mol. The van der Waals surface area contributed by atoms with Crippen LogP contribution in [-0.4, -0.2) is 31.8 Å². The summed E-state index contributed by atoms with van der Waals surface area (Å²) in [5.41, 5.74) is 0.651. The van der Waals surface area contributed by atoms with E-state index in [0.717, 1.165) is 18.4 Å². The number of nitrogens with zero attached hydrogens (tertiary/aromatic N) is 4. The molecule has 0 aromatic carbocycles. The zero-order valence-corrected chi connectivity index (χ0v) is 13.5. The largest absolute Gasteiger partial charge is 0.459 e. The van der Waals surface area contributed by atoms with E-state index >= 15 is 0 Å². The van der Waals surface area contributed by atoms with Crippen molar-refractivity contribution in [3.63, 3.8) is 0 Å². The van der Waals surface area contributed by atoms with Crippen molar-refractivity contribution < 1.29 is 9.21 Å². The van der Waals surface area contributed by atoms with Gasteiger partial charge in [-0.3, -0.25) is 14.3 Å². The second kappa shape index (κ2) is 6.39. The fourth-order valence-electron chi connectivity index (χ4n) is 2.69. The summed E-state index contributed by atoms with van der Waals surface area (Å²) in [5.74, 6) is 0.553. The van der Waals surface area contributed by atoms with Crippen molar-refractivity contribution in [1.82, 2.24) is 24.6 Å². The number of furan rings is 1. The molecule has 25 heavy (non-hydrogen) atoms. The number of hydrogen-bond donors (Lipinski definition) is 1. The van der Waals surface area contributed by atoms with E-state index in [-0.39, 0.29) is 36.5 Å². The van der Waals surface area contributed by atoms with Crippen molar-refractivity contribution in [3.05, 3.63) is 59.2 Å². The average Bonchev–Trinajstić information content (AvgIpc) is 3.20. The molecular weight excluding hydrogens is 322 g/mol. The first kappa shape index (κ1) is 15.4. The van der Waals surface area contributed by atoms with Crippen molar-refractivity contribution in [2.45, 2.75) is 25.4 Å². The van der Waals surface area contributed by atoms with E-state index in [4.69, 9.17) is 4.42 Å². The molecule has 0 unspecified atom stereocenters. The molecule has 1 fully saturated rings. The Bertz CT molecular complexity index is 923. The molecule has 3 heterocycles. The maximum absolute atomic E-state index is 12.7. The van der Waals surface area contributed by atoms with Gasteiger partial charge in [0.25, 0.3) is 5.91 Å². The highest BCUT2D eigenvalue weighted by Crippen LogP contribution is 2.36. The lowest BCUT2D eigenvalue weighted by Gasteiger charge is -2.02. The van der Waals surface area contributed by atoms with Gasteiger partial charge in [-0.1, -0.05) is 0 Å². The Balaban J connectivity index is 1.52. The van der Waals surface area contributed by atoms with Crippen molar-refractivity contribution in [1.29, 1.82) is 0 Å². The monoisotopic (exact) mass is 339 g/mol. The van der Waals surface area contributed by atoms with Crippen LogP contribution < -0.4 is 11.0 Å². The maximum atomic E-state index is 12.7. The van der Waals surface area contributed by atoms with E-state index in [9.17, 15) is 9.59 Å². The molecule has 1 N–H and O–H groups in total. The normalized spacial score (nSPS) is 13.8. The van der Waals surface area contributed by atoms with Gasteiger partial charge >= 0.3 is 5.69 Å². The summed E-state index contributed by atoms with van der Waals surface area (Å²) < 4.78 is 8.15. The molecule has 8 nitrogen and oxygen atoms in total. The van der Waals surface area contributed by atoms with E-state index in [1.807, 2.05) is 12.1 Å². The van der Waals surface area contributed by atoms with Crippen LogP contribution in [0.25, 0.3) is 11.4 Å². The van der Waals surface area contributed by atoms with Gasteiger partial charge < -0.3 is 9.73 Å². The number of carbonyl (C=O) groups is 1. The van der Waals surface area contributed by atoms with Gasteiger partial charge in [-0.05, 0) is 37.1 Å². The van der Waals surface area contributed by atoms with Crippen LogP contribution in [0, 0.1) is 0 Å². The zero-order valence-electron chi connectivity index (χ0n) is 13.5. The molecule has 3 aromatic rings. The molecule has 128 valence electrons. The Morgan fingerprint density at radius 3 is 2.88 bits per heavy atom. The Labute approximate surface area is 143 Å². The van der Waals surface area contributed by atoms with Gasteiger partial charge in [0.2, 0.25) is 0 Å². The molecule has 0 radical (unpaired) electrons. The summed E-state index contributed by atoms with van der Waals surface area (Å²) in [5, 5.41) is 7.17. The van der Waals surface area contributed by atoms with E-state index in [2.05, 4.69) is 15.4 Å². The van der Waals surface area contributed by atoms with Crippen LogP contribution >= 0.6 is 0 Å². The predicted molar refractivity (Wildman–Crippen MR) is 89.0 cm³/mol. The first-order valence-electron chi connectivity index (χ1n) is 8.15. The van der Waals surface area contributed by atoms with Gasteiger partial charge in [0.05, 0.1) is 12.8 Å². The Hall–Kier alpha value is -3.16. The molecule has 1 amide bonds. The summed E-state index contributed by atoms with van der Waals surface area (Å²) in [6.07, 6.45) is 6.78. The number of aromatic nitrogens is 4. The first-order valence-corrected chi connectivity index (χ1v) is 8.15. The molecule has 0 spiro atoms. The van der Waals surface area contributed by atoms with Crippen LogP contribution in [0.3, 0.4) is 0 Å². The minimum Gasteiger partial charge on any atom is -0.459 e. The van der Waals surface area contributed by atoms with Gasteiger partial charge in [0.15, 0.2) is 11.6 Å². The number of rotatable bonds is 6. The quantitative estimate of drug-likeness (QED) is 0.734. The van der Waals surface area contributed by atoms with Crippen molar-refractivity contribution in [3.8, 4) is 11.4 Å². The van der Waals surface area contributed by atoms with Crippen LogP contribution in [0.2, 0.25) is 0 Å². The third-order valence-electron chi connectivity index (χ3n) is 4.06. The lowest BCUT2D eigenvalue weighted by atomic mass is 10.3. The van der Waals surface area contributed by atoms with E-state index in [1.54, 1.807) is 29.1 Å². The fourth-order valence-corrected chi connectivity index (χ4v) is 2.69. The molecule has 0 saturated heterocycles. The van der Waals surface area contributed by atoms with Crippen LogP contribution in [0.15, 0.2) is 52.1 Å². The lowest BCUT2D eigenvalue weighted by molar-refractivity contribution is 0.0924. The maximum Gasteiger partial charge on any atom is 0.346 e. The zero-order chi connectivity index (χ0) is 17.2. The van der Waals surface area contributed by atoms with Crippen molar-refractivity contribution >= 4 is 5.91 Å². The van der Waals surface area contributed by atoms with Crippen molar-refractivity contribution in [2.24, 2.45) is 0 Å². The molecule has 0 atom stereocenters. The van der Waals surface area contributed by atoms with Crippen LogP contribution in [0.4, 0.5) is 0 Å². The topological polar surface area (TPSA) is 95.0 Å². The van der Waals surface area contributed by atoms with Gasteiger partial charge in [-0.15, -0.1) is 5.10 Å². The molecule has 1 aliphatic rings. The van der Waals surface area contributed by atoms with E-state index < -0.39 is 0 Å². The van der Waals surface area contributed by atoms with Gasteiger partial charge in [0, 0.05) is 30.5 Å². The van der Waals surface area contributed by atoms with Crippen LogP contribution in [-0.2, 0) is 6.54 Å². The molecule has 3 aromatic heterocycles. The molecule has 0 aliphatic heterocycles. The van der Waals surface area contributed by atoms with Gasteiger partial charge in [0.1, 0.15) is 0 Å². The van der Waals surface area contributed by atoms with Gasteiger partial charge in [-0.2, -0.15) is 0 Å². The Morgan fingerprint density at radius 2 is 2.20 bits per heavy atom. The molecule has 0 bridgehead atoms. The summed E-state index contributed by atoms with van der Waals surface area (Å²) in [7, 11) is 0. The number of amides is 1. The molecule has 1 aliphatic carbocycles. The minimum atomic E-state index is -0.313. The van der Waals surface area contributed by atoms with Crippen LogP contribution in [0.1, 0.15) is 29.4 Å². The summed E-state index contributed by atoms with van der Waals surface area (Å²) in [6, 6.07) is 7.14. The summed E-state index contributed by atoms with van der Waals surface area (Å²) >= 11 is 0. The lowest BCUT2D eigenvalue weighted by Crippen LogP contribution is -2.32. The first-order chi connectivity index (χ1) is 12.2. The van der Waals surface area contributed by atoms with Crippen LogP contribution in [0.5, 0.6) is 0 Å². The highest BCUT2D eigenvalue weighted by atomic mass is 16.3.